The summed E-state index contributed by atoms with van der Waals surface area (Å²) in [5.41, 5.74) is 0.259. The predicted octanol–water partition coefficient (Wildman–Crippen LogP) is 1.97. The third kappa shape index (κ3) is 3.28. The maximum absolute atomic E-state index is 12.8. The van der Waals surface area contributed by atoms with Gasteiger partial charge in [0.25, 0.3) is 5.91 Å². The Kier molecular flexibility index (Phi) is 5.13. The number of aryl methyl sites for hydroxylation is 1. The second-order valence-electron chi connectivity index (χ2n) is 6.70. The summed E-state index contributed by atoms with van der Waals surface area (Å²) in [6.45, 7) is 5.42. The number of H-pyrrole nitrogens is 1. The Hall–Kier alpha value is -1.96. The summed E-state index contributed by atoms with van der Waals surface area (Å²) in [4.78, 5) is 27.9. The quantitative estimate of drug-likeness (QED) is 0.655. The molecule has 1 amide bonds. The number of piperidine rings is 1. The number of carbonyl (C=O) groups is 1. The van der Waals surface area contributed by atoms with E-state index < -0.39 is 4.92 Å². The standard InChI is InChI=1S/C16H25N5O3/c1-2-6-13-15(21(23)24)14(18-17-13)16(22)20-10-5-7-12(11-20)19-8-3-4-9-19/h12H,2-11H2,1H3,(H,17,18)/t12-/m0/s1. The fraction of sp³-hybridized carbons (Fsp3) is 0.750. The van der Waals surface area contributed by atoms with Crippen LogP contribution in [0.15, 0.2) is 0 Å². The zero-order valence-electron chi connectivity index (χ0n) is 14.2. The fourth-order valence-electron chi connectivity index (χ4n) is 3.84. The maximum atomic E-state index is 12.8. The lowest BCUT2D eigenvalue weighted by Crippen LogP contribution is -2.49. The van der Waals surface area contributed by atoms with Gasteiger partial charge in [-0.1, -0.05) is 13.3 Å². The molecule has 0 aromatic carbocycles. The second kappa shape index (κ2) is 7.29. The molecule has 2 aliphatic rings. The molecule has 24 heavy (non-hydrogen) atoms. The van der Waals surface area contributed by atoms with Gasteiger partial charge in [-0.25, -0.2) is 0 Å². The first-order valence-electron chi connectivity index (χ1n) is 8.86. The number of nitrogens with one attached hydrogen (secondary N) is 1. The molecule has 1 aromatic rings. The number of rotatable bonds is 5. The normalized spacial score (nSPS) is 22.0. The van der Waals surface area contributed by atoms with Crippen molar-refractivity contribution in [2.45, 2.75) is 51.5 Å². The number of nitrogens with zero attached hydrogens (tertiary/aromatic N) is 4. The Morgan fingerprint density at radius 1 is 1.33 bits per heavy atom. The van der Waals surface area contributed by atoms with Crippen LogP contribution in [0.3, 0.4) is 0 Å². The van der Waals surface area contributed by atoms with Crippen LogP contribution in [0.2, 0.25) is 0 Å². The summed E-state index contributed by atoms with van der Waals surface area (Å²) in [7, 11) is 0. The number of aromatic amines is 1. The van der Waals surface area contributed by atoms with Crippen molar-refractivity contribution in [2.75, 3.05) is 26.2 Å². The topological polar surface area (TPSA) is 95.4 Å². The van der Waals surface area contributed by atoms with Crippen LogP contribution in [0.25, 0.3) is 0 Å². The molecular weight excluding hydrogens is 310 g/mol. The summed E-state index contributed by atoms with van der Waals surface area (Å²) < 4.78 is 0. The smallest absolute Gasteiger partial charge is 0.322 e. The minimum absolute atomic E-state index is 0.0366. The number of aromatic nitrogens is 2. The van der Waals surface area contributed by atoms with E-state index >= 15 is 0 Å². The van der Waals surface area contributed by atoms with E-state index in [1.165, 1.54) is 12.8 Å². The lowest BCUT2D eigenvalue weighted by atomic mass is 10.0. The van der Waals surface area contributed by atoms with Crippen molar-refractivity contribution < 1.29 is 9.72 Å². The van der Waals surface area contributed by atoms with Gasteiger partial charge in [-0.05, 0) is 45.2 Å². The van der Waals surface area contributed by atoms with Gasteiger partial charge in [0.2, 0.25) is 5.69 Å². The van der Waals surface area contributed by atoms with Crippen LogP contribution in [0.1, 0.15) is 55.2 Å². The van der Waals surface area contributed by atoms with Crippen molar-refractivity contribution in [3.05, 3.63) is 21.5 Å². The van der Waals surface area contributed by atoms with E-state index in [1.54, 1.807) is 4.90 Å². The molecule has 2 aliphatic heterocycles. The highest BCUT2D eigenvalue weighted by Gasteiger charge is 2.35. The zero-order chi connectivity index (χ0) is 17.1. The largest absolute Gasteiger partial charge is 0.335 e. The summed E-state index contributed by atoms with van der Waals surface area (Å²) in [5.74, 6) is -0.316. The van der Waals surface area contributed by atoms with Gasteiger partial charge in [-0.2, -0.15) is 5.10 Å². The Labute approximate surface area is 141 Å². The van der Waals surface area contributed by atoms with E-state index in [-0.39, 0.29) is 17.3 Å². The van der Waals surface area contributed by atoms with Crippen molar-refractivity contribution in [2.24, 2.45) is 0 Å². The zero-order valence-corrected chi connectivity index (χ0v) is 14.2. The number of amides is 1. The van der Waals surface area contributed by atoms with Crippen molar-refractivity contribution in [1.29, 1.82) is 0 Å². The van der Waals surface area contributed by atoms with Crippen molar-refractivity contribution in [3.8, 4) is 0 Å². The summed E-state index contributed by atoms with van der Waals surface area (Å²) >= 11 is 0. The third-order valence-corrected chi connectivity index (χ3v) is 5.04. The van der Waals surface area contributed by atoms with Crippen LogP contribution >= 0.6 is 0 Å². The highest BCUT2D eigenvalue weighted by atomic mass is 16.6. The van der Waals surface area contributed by atoms with Gasteiger partial charge in [-0.3, -0.25) is 24.9 Å². The summed E-state index contributed by atoms with van der Waals surface area (Å²) in [6, 6.07) is 0.373. The fourth-order valence-corrected chi connectivity index (χ4v) is 3.84. The van der Waals surface area contributed by atoms with Gasteiger partial charge in [0.15, 0.2) is 0 Å². The van der Waals surface area contributed by atoms with Gasteiger partial charge in [0.1, 0.15) is 5.69 Å². The van der Waals surface area contributed by atoms with Crippen molar-refractivity contribution in [3.63, 3.8) is 0 Å². The molecule has 2 fully saturated rings. The monoisotopic (exact) mass is 335 g/mol. The van der Waals surface area contributed by atoms with Crippen LogP contribution < -0.4 is 0 Å². The molecule has 1 N–H and O–H groups in total. The van der Waals surface area contributed by atoms with Gasteiger partial charge < -0.3 is 4.90 Å². The molecule has 1 aromatic heterocycles. The molecule has 3 rings (SSSR count). The molecule has 2 saturated heterocycles. The van der Waals surface area contributed by atoms with Crippen LogP contribution in [0.4, 0.5) is 5.69 Å². The van der Waals surface area contributed by atoms with E-state index in [0.717, 1.165) is 32.4 Å². The maximum Gasteiger partial charge on any atom is 0.322 e. The molecule has 0 bridgehead atoms. The molecule has 3 heterocycles. The highest BCUT2D eigenvalue weighted by molar-refractivity contribution is 5.96. The molecule has 8 nitrogen and oxygen atoms in total. The second-order valence-corrected chi connectivity index (χ2v) is 6.70. The number of hydrogen-bond donors (Lipinski definition) is 1. The molecular formula is C16H25N5O3. The van der Waals surface area contributed by atoms with E-state index in [1.807, 2.05) is 6.92 Å². The molecule has 0 saturated carbocycles. The molecule has 0 aliphatic carbocycles. The van der Waals surface area contributed by atoms with E-state index in [0.29, 0.717) is 31.2 Å². The predicted molar refractivity (Wildman–Crippen MR) is 89.0 cm³/mol. The first kappa shape index (κ1) is 16.9. The molecule has 0 unspecified atom stereocenters. The summed E-state index contributed by atoms with van der Waals surface area (Å²) in [6.07, 6.45) is 5.75. The van der Waals surface area contributed by atoms with E-state index in [4.69, 9.17) is 0 Å². The average Bonchev–Trinajstić information content (AvgIpc) is 3.24. The first-order valence-corrected chi connectivity index (χ1v) is 8.86. The Balaban J connectivity index is 1.77. The van der Waals surface area contributed by atoms with Crippen molar-refractivity contribution in [1.82, 2.24) is 20.0 Å². The van der Waals surface area contributed by atoms with Crippen LogP contribution in [0.5, 0.6) is 0 Å². The number of carbonyl (C=O) groups excluding carboxylic acids is 1. The molecule has 1 atom stereocenters. The van der Waals surface area contributed by atoms with E-state index in [2.05, 4.69) is 15.1 Å². The lowest BCUT2D eigenvalue weighted by Gasteiger charge is -2.37. The van der Waals surface area contributed by atoms with E-state index in [9.17, 15) is 14.9 Å². The van der Waals surface area contributed by atoms with Gasteiger partial charge in [-0.15, -0.1) is 0 Å². The minimum Gasteiger partial charge on any atom is -0.335 e. The van der Waals surface area contributed by atoms with Crippen molar-refractivity contribution >= 4 is 11.6 Å². The average molecular weight is 335 g/mol. The first-order chi connectivity index (χ1) is 11.6. The molecule has 0 spiro atoms. The highest BCUT2D eigenvalue weighted by Crippen LogP contribution is 2.26. The number of hydrogen-bond acceptors (Lipinski definition) is 5. The number of nitro groups is 1. The minimum atomic E-state index is -0.483. The van der Waals surface area contributed by atoms with Crippen LogP contribution in [-0.4, -0.2) is 63.0 Å². The molecule has 8 heteroatoms. The summed E-state index contributed by atoms with van der Waals surface area (Å²) in [5, 5.41) is 18.1. The van der Waals surface area contributed by atoms with Gasteiger partial charge in [0, 0.05) is 19.1 Å². The van der Waals surface area contributed by atoms with Gasteiger partial charge >= 0.3 is 5.69 Å². The Morgan fingerprint density at radius 3 is 2.75 bits per heavy atom. The molecule has 0 radical (unpaired) electrons. The number of likely N-dealkylation sites (tertiary alicyclic amines) is 2. The Bertz CT molecular complexity index is 609. The Morgan fingerprint density at radius 2 is 2.08 bits per heavy atom. The lowest BCUT2D eigenvalue weighted by molar-refractivity contribution is -0.385. The third-order valence-electron chi connectivity index (χ3n) is 5.04. The SMILES string of the molecule is CCCc1[nH]nc(C(=O)N2CCC[C@H](N3CCCC3)C2)c1[N+](=O)[O-]. The van der Waals surface area contributed by atoms with Gasteiger partial charge in [0.05, 0.1) is 4.92 Å². The molecule has 132 valence electrons. The van der Waals surface area contributed by atoms with Crippen LogP contribution in [0, 0.1) is 10.1 Å². The van der Waals surface area contributed by atoms with Crippen LogP contribution in [-0.2, 0) is 6.42 Å².